The molecule has 2 N–H and O–H groups in total. The molecule has 0 bridgehead atoms. The van der Waals surface area contributed by atoms with E-state index in [1.54, 1.807) is 13.1 Å². The topological polar surface area (TPSA) is 41.1 Å². The molecule has 1 rings (SSSR count). The summed E-state index contributed by atoms with van der Waals surface area (Å²) in [5, 5.41) is 5.72. The van der Waals surface area contributed by atoms with Crippen molar-refractivity contribution in [2.45, 2.75) is 0 Å². The summed E-state index contributed by atoms with van der Waals surface area (Å²) in [6.07, 6.45) is 0. The summed E-state index contributed by atoms with van der Waals surface area (Å²) in [6, 6.07) is 7.35. The van der Waals surface area contributed by atoms with Gasteiger partial charge in [0.15, 0.2) is 0 Å². The molecule has 3 nitrogen and oxygen atoms in total. The number of benzene rings is 1. The zero-order valence-corrected chi connectivity index (χ0v) is 10.1. The van der Waals surface area contributed by atoms with Crippen LogP contribution in [0.5, 0.6) is 0 Å². The van der Waals surface area contributed by atoms with E-state index < -0.39 is 0 Å². The third kappa shape index (κ3) is 3.40. The number of rotatable bonds is 4. The lowest BCUT2D eigenvalue weighted by atomic mass is 10.1. The van der Waals surface area contributed by atoms with E-state index >= 15 is 0 Å². The summed E-state index contributed by atoms with van der Waals surface area (Å²) in [5.41, 5.74) is 1.45. The molecule has 0 aliphatic rings. The van der Waals surface area contributed by atoms with Gasteiger partial charge >= 0.3 is 0 Å². The number of hydrogen-bond donors (Lipinski definition) is 2. The van der Waals surface area contributed by atoms with Gasteiger partial charge < -0.3 is 10.6 Å². The predicted octanol–water partition coefficient (Wildman–Crippen LogP) is 2.37. The molecule has 1 amide bonds. The third-order valence-electron chi connectivity index (χ3n) is 1.88. The van der Waals surface area contributed by atoms with Crippen LogP contribution in [0, 0.1) is 0 Å². The first kappa shape index (κ1) is 11.8. The number of para-hydroxylation sites is 1. The standard InChI is InChI=1S/C11H13BrN2O/c1-8(12)7-14-11(15)9-5-3-4-6-10(9)13-2/h3-6,13H,1,7H2,2H3,(H,14,15). The van der Waals surface area contributed by atoms with E-state index in [9.17, 15) is 4.79 Å². The van der Waals surface area contributed by atoms with Crippen molar-refractivity contribution in [3.63, 3.8) is 0 Å². The lowest BCUT2D eigenvalue weighted by Crippen LogP contribution is -2.25. The Bertz CT molecular complexity index is 377. The van der Waals surface area contributed by atoms with Gasteiger partial charge in [-0.1, -0.05) is 34.6 Å². The van der Waals surface area contributed by atoms with Crippen LogP contribution in [0.2, 0.25) is 0 Å². The van der Waals surface area contributed by atoms with E-state index in [0.29, 0.717) is 12.1 Å². The second-order valence-electron chi connectivity index (χ2n) is 3.00. The Morgan fingerprint density at radius 3 is 2.73 bits per heavy atom. The number of carbonyl (C=O) groups excluding carboxylic acids is 1. The van der Waals surface area contributed by atoms with Gasteiger partial charge in [-0.15, -0.1) is 0 Å². The van der Waals surface area contributed by atoms with Crippen molar-refractivity contribution in [3.05, 3.63) is 40.9 Å². The van der Waals surface area contributed by atoms with Crippen LogP contribution in [0.25, 0.3) is 0 Å². The Labute approximate surface area is 97.7 Å². The van der Waals surface area contributed by atoms with Crippen LogP contribution in [0.15, 0.2) is 35.3 Å². The van der Waals surface area contributed by atoms with Gasteiger partial charge in [0.25, 0.3) is 5.91 Å². The molecule has 0 atom stereocenters. The van der Waals surface area contributed by atoms with Crippen LogP contribution < -0.4 is 10.6 Å². The van der Waals surface area contributed by atoms with Crippen LogP contribution >= 0.6 is 15.9 Å². The van der Waals surface area contributed by atoms with E-state index in [1.807, 2.05) is 18.2 Å². The minimum atomic E-state index is -0.111. The number of nitrogens with one attached hydrogen (secondary N) is 2. The molecule has 80 valence electrons. The summed E-state index contributed by atoms with van der Waals surface area (Å²) >= 11 is 3.19. The minimum absolute atomic E-state index is 0.111. The molecule has 0 aliphatic heterocycles. The van der Waals surface area contributed by atoms with Crippen LogP contribution in [0.3, 0.4) is 0 Å². The van der Waals surface area contributed by atoms with Gasteiger partial charge in [-0.25, -0.2) is 0 Å². The van der Waals surface area contributed by atoms with Crippen molar-refractivity contribution < 1.29 is 4.79 Å². The molecule has 0 fully saturated rings. The van der Waals surface area contributed by atoms with E-state index in [-0.39, 0.29) is 5.91 Å². The lowest BCUT2D eigenvalue weighted by Gasteiger charge is -2.08. The fourth-order valence-corrected chi connectivity index (χ4v) is 1.31. The summed E-state index contributed by atoms with van der Waals surface area (Å²) in [4.78, 5) is 11.7. The van der Waals surface area contributed by atoms with Gasteiger partial charge in [0.2, 0.25) is 0 Å². The molecule has 0 aliphatic carbocycles. The first-order chi connectivity index (χ1) is 7.15. The van der Waals surface area contributed by atoms with Gasteiger partial charge in [0.1, 0.15) is 0 Å². The van der Waals surface area contributed by atoms with Crippen LogP contribution in [0.1, 0.15) is 10.4 Å². The number of halogens is 1. The van der Waals surface area contributed by atoms with Crippen LogP contribution in [-0.2, 0) is 0 Å². The smallest absolute Gasteiger partial charge is 0.253 e. The molecule has 0 saturated carbocycles. The molecule has 0 unspecified atom stereocenters. The summed E-state index contributed by atoms with van der Waals surface area (Å²) < 4.78 is 0.748. The molecule has 15 heavy (non-hydrogen) atoms. The Hall–Kier alpha value is -1.29. The average Bonchev–Trinajstić information content (AvgIpc) is 2.25. The van der Waals surface area contributed by atoms with Crippen molar-refractivity contribution in [2.75, 3.05) is 18.9 Å². The van der Waals surface area contributed by atoms with Crippen LogP contribution in [0.4, 0.5) is 5.69 Å². The maximum Gasteiger partial charge on any atom is 0.253 e. The van der Waals surface area contributed by atoms with Gasteiger partial charge in [-0.3, -0.25) is 4.79 Å². The molecule has 0 saturated heterocycles. The van der Waals surface area contributed by atoms with Crippen molar-refractivity contribution in [3.8, 4) is 0 Å². The molecule has 0 radical (unpaired) electrons. The van der Waals surface area contributed by atoms with Gasteiger partial charge in [-0.05, 0) is 12.1 Å². The van der Waals surface area contributed by atoms with E-state index in [0.717, 1.165) is 10.2 Å². The van der Waals surface area contributed by atoms with Gasteiger partial charge in [0.05, 0.1) is 5.56 Å². The quantitative estimate of drug-likeness (QED) is 0.881. The molecular weight excluding hydrogens is 256 g/mol. The molecule has 0 heterocycles. The molecule has 1 aromatic rings. The largest absolute Gasteiger partial charge is 0.387 e. The highest BCUT2D eigenvalue weighted by molar-refractivity contribution is 9.11. The Kier molecular flexibility index (Phi) is 4.37. The number of carbonyl (C=O) groups is 1. The normalized spacial score (nSPS) is 9.47. The average molecular weight is 269 g/mol. The summed E-state index contributed by atoms with van der Waals surface area (Å²) in [5.74, 6) is -0.111. The van der Waals surface area contributed by atoms with Crippen molar-refractivity contribution in [2.24, 2.45) is 0 Å². The molecule has 0 spiro atoms. The Morgan fingerprint density at radius 1 is 1.47 bits per heavy atom. The van der Waals surface area contributed by atoms with E-state index in [4.69, 9.17) is 0 Å². The third-order valence-corrected chi connectivity index (χ3v) is 2.16. The second-order valence-corrected chi connectivity index (χ2v) is 4.12. The fraction of sp³-hybridized carbons (Fsp3) is 0.182. The van der Waals surface area contributed by atoms with Crippen molar-refractivity contribution in [1.82, 2.24) is 5.32 Å². The Morgan fingerprint density at radius 2 is 2.13 bits per heavy atom. The summed E-state index contributed by atoms with van der Waals surface area (Å²) in [7, 11) is 1.79. The van der Waals surface area contributed by atoms with Gasteiger partial charge in [-0.2, -0.15) is 0 Å². The predicted molar refractivity (Wildman–Crippen MR) is 66.4 cm³/mol. The van der Waals surface area contributed by atoms with Crippen LogP contribution in [-0.4, -0.2) is 19.5 Å². The lowest BCUT2D eigenvalue weighted by molar-refractivity contribution is 0.0958. The molecule has 4 heteroatoms. The highest BCUT2D eigenvalue weighted by atomic mass is 79.9. The zero-order valence-electron chi connectivity index (χ0n) is 8.51. The highest BCUT2D eigenvalue weighted by Crippen LogP contribution is 2.13. The minimum Gasteiger partial charge on any atom is -0.387 e. The van der Waals surface area contributed by atoms with Gasteiger partial charge in [0, 0.05) is 23.8 Å². The number of amides is 1. The second kappa shape index (κ2) is 5.56. The van der Waals surface area contributed by atoms with Crippen molar-refractivity contribution in [1.29, 1.82) is 0 Å². The van der Waals surface area contributed by atoms with Crippen molar-refractivity contribution >= 4 is 27.5 Å². The highest BCUT2D eigenvalue weighted by Gasteiger charge is 2.08. The summed E-state index contributed by atoms with van der Waals surface area (Å²) in [6.45, 7) is 4.08. The van der Waals surface area contributed by atoms with E-state index in [2.05, 4.69) is 33.1 Å². The SMILES string of the molecule is C=C(Br)CNC(=O)c1ccccc1NC. The molecule has 1 aromatic carbocycles. The first-order valence-corrected chi connectivity index (χ1v) is 5.32. The maximum absolute atomic E-state index is 11.7. The number of hydrogen-bond acceptors (Lipinski definition) is 2. The molecular formula is C11H13BrN2O. The maximum atomic E-state index is 11.7. The number of anilines is 1. The first-order valence-electron chi connectivity index (χ1n) is 4.53. The zero-order chi connectivity index (χ0) is 11.3. The Balaban J connectivity index is 2.77. The van der Waals surface area contributed by atoms with E-state index in [1.165, 1.54) is 0 Å². The monoisotopic (exact) mass is 268 g/mol. The molecule has 0 aromatic heterocycles. The fourth-order valence-electron chi connectivity index (χ4n) is 1.17.